The van der Waals surface area contributed by atoms with Crippen LogP contribution in [0.3, 0.4) is 0 Å². The molecule has 3 atom stereocenters. The molecule has 2 aliphatic rings. The van der Waals surface area contributed by atoms with Crippen LogP contribution < -0.4 is 10.6 Å². The zero-order chi connectivity index (χ0) is 39.4. The Morgan fingerprint density at radius 2 is 1.64 bits per heavy atom. The number of allylic oxidation sites excluding steroid dienone is 2. The van der Waals surface area contributed by atoms with Crippen LogP contribution in [0, 0.1) is 12.8 Å². The van der Waals surface area contributed by atoms with E-state index in [0.717, 1.165) is 27.9 Å². The largest absolute Gasteiger partial charge is 0.417 e. The Kier molecular flexibility index (Phi) is 11.3. The number of aromatic amines is 1. The lowest BCUT2D eigenvalue weighted by molar-refractivity contribution is -0.138. The minimum Gasteiger partial charge on any atom is -0.391 e. The van der Waals surface area contributed by atoms with Gasteiger partial charge < -0.3 is 15.7 Å². The van der Waals surface area contributed by atoms with Crippen molar-refractivity contribution < 1.29 is 37.5 Å². The Hall–Kier alpha value is -6.05. The second-order valence-corrected chi connectivity index (χ2v) is 13.4. The second kappa shape index (κ2) is 16.1. The summed E-state index contributed by atoms with van der Waals surface area (Å²) in [7, 11) is 0. The number of fused-ring (bicyclic) bond motifs is 1. The van der Waals surface area contributed by atoms with E-state index in [2.05, 4.69) is 10.2 Å². The number of nitrogens with zero attached hydrogens (tertiary/aromatic N) is 3. The molecule has 10 nitrogen and oxygen atoms in total. The minimum atomic E-state index is -4.83. The number of benzene rings is 4. The van der Waals surface area contributed by atoms with Crippen LogP contribution in [0.5, 0.6) is 0 Å². The maximum absolute atomic E-state index is 14.3. The van der Waals surface area contributed by atoms with Crippen molar-refractivity contribution in [3.63, 3.8) is 0 Å². The number of hydrogen-bond acceptors (Lipinski definition) is 7. The van der Waals surface area contributed by atoms with Gasteiger partial charge in [0.1, 0.15) is 0 Å². The molecule has 1 saturated heterocycles. The average Bonchev–Trinajstić information content (AvgIpc) is 3.85. The highest BCUT2D eigenvalue weighted by atomic mass is 35.5. The monoisotopic (exact) mass is 769 g/mol. The normalized spacial score (nSPS) is 18.0. The molecule has 2 amide bonds. The van der Waals surface area contributed by atoms with Crippen LogP contribution in [0.25, 0.3) is 10.9 Å². The molecule has 282 valence electrons. The summed E-state index contributed by atoms with van der Waals surface area (Å²) < 4.78 is 42.4. The number of rotatable bonds is 8. The van der Waals surface area contributed by atoms with E-state index >= 15 is 0 Å². The Bertz CT molecular complexity index is 2320. The van der Waals surface area contributed by atoms with E-state index in [1.54, 1.807) is 78.7 Å². The maximum atomic E-state index is 14.3. The number of aromatic nitrogens is 2. The first-order chi connectivity index (χ1) is 26.3. The molecule has 55 heavy (non-hydrogen) atoms. The van der Waals surface area contributed by atoms with Gasteiger partial charge in [0.25, 0.3) is 5.91 Å². The number of hydrogen-bond donors (Lipinski definition) is 3. The third-order valence-electron chi connectivity index (χ3n) is 9.53. The van der Waals surface area contributed by atoms with E-state index < -0.39 is 58.7 Å². The number of aliphatic hydroxyl groups is 1. The van der Waals surface area contributed by atoms with Gasteiger partial charge in [0.15, 0.2) is 0 Å². The number of halogens is 4. The number of likely N-dealkylation sites (tertiary alicyclic amines) is 1. The average molecular weight is 770 g/mol. The Morgan fingerprint density at radius 3 is 2.33 bits per heavy atom. The van der Waals surface area contributed by atoms with Crippen molar-refractivity contribution in [1.29, 1.82) is 0 Å². The van der Waals surface area contributed by atoms with Crippen LogP contribution in [0.2, 0.25) is 5.02 Å². The first-order valence-electron chi connectivity index (χ1n) is 17.2. The molecule has 7 rings (SSSR count). The number of primary amides is 1. The van der Waals surface area contributed by atoms with Gasteiger partial charge >= 0.3 is 6.18 Å². The molecule has 0 spiro atoms. The van der Waals surface area contributed by atoms with Gasteiger partial charge in [-0.3, -0.25) is 29.2 Å². The molecule has 5 aromatic rings. The fourth-order valence-electron chi connectivity index (χ4n) is 6.83. The molecule has 1 aliphatic carbocycles. The molecule has 4 N–H and O–H groups in total. The van der Waals surface area contributed by atoms with Crippen molar-refractivity contribution in [2.45, 2.75) is 31.7 Å². The highest BCUT2D eigenvalue weighted by molar-refractivity contribution is 6.45. The van der Waals surface area contributed by atoms with Gasteiger partial charge in [0, 0.05) is 40.4 Å². The van der Waals surface area contributed by atoms with Crippen molar-refractivity contribution in [1.82, 2.24) is 15.1 Å². The number of β-amino-alcohol motifs (C(OH)–C–C–N with tert-alkyl or cyclic N) is 1. The van der Waals surface area contributed by atoms with Crippen LogP contribution in [0.4, 0.5) is 18.9 Å². The predicted molar refractivity (Wildman–Crippen MR) is 202 cm³/mol. The number of nitrogens with two attached hydrogens (primary N) is 1. The quantitative estimate of drug-likeness (QED) is 0.114. The summed E-state index contributed by atoms with van der Waals surface area (Å²) in [6.45, 7) is 2.20. The standard InChI is InChI=1S/C33H28ClF3N2O4.C8H7N3O/c1-20-25(34)13-7-14-26(20)39(32(43)23-11-5-6-12-24(23)33(35,36)37)28-16-8-15-27(38-18-17-22(40)19-38)29(28)31(42)30(41)21-9-3-2-4-10-21;9-8(12)5-2-1-3-7-6(5)4-10-11-7/h2-16,22,28-29,40H,17-19H2,1H3;1-4H,(H2,9,12)(H,10,11)/t22-,28?,29?;/m0./s1. The Balaban J connectivity index is 0.000000362. The molecule has 2 unspecified atom stereocenters. The summed E-state index contributed by atoms with van der Waals surface area (Å²) in [6.07, 6.45) is 1.30. The van der Waals surface area contributed by atoms with Crippen LogP contribution in [0.1, 0.15) is 48.6 Å². The number of amides is 2. The minimum absolute atomic E-state index is 0.140. The smallest absolute Gasteiger partial charge is 0.391 e. The van der Waals surface area contributed by atoms with Gasteiger partial charge in [0.05, 0.1) is 46.5 Å². The summed E-state index contributed by atoms with van der Waals surface area (Å²) >= 11 is 6.42. The molecule has 1 fully saturated rings. The van der Waals surface area contributed by atoms with Gasteiger partial charge in [-0.2, -0.15) is 18.3 Å². The fraction of sp³-hybridized carbons (Fsp3) is 0.195. The van der Waals surface area contributed by atoms with Crippen LogP contribution >= 0.6 is 11.6 Å². The van der Waals surface area contributed by atoms with Crippen molar-refractivity contribution in [2.75, 3.05) is 18.0 Å². The molecule has 1 aromatic heterocycles. The zero-order valence-corrected chi connectivity index (χ0v) is 30.1. The number of carbonyl (C=O) groups is 4. The highest BCUT2D eigenvalue weighted by Gasteiger charge is 2.45. The number of carbonyl (C=O) groups excluding carboxylic acids is 4. The van der Waals surface area contributed by atoms with Crippen molar-refractivity contribution in [3.8, 4) is 0 Å². The number of anilines is 1. The molecule has 4 aromatic carbocycles. The van der Waals surface area contributed by atoms with Crippen molar-refractivity contribution >= 4 is 51.6 Å². The molecule has 1 aliphatic heterocycles. The summed E-state index contributed by atoms with van der Waals surface area (Å²) in [5.41, 5.74) is 5.86. The SMILES string of the molecule is Cc1c(Cl)cccc1N(C(=O)c1ccccc1C(F)(F)F)C1C=CC=C(N2CC[C@H](O)C2)C1C(=O)C(=O)c1ccccc1.NC(=O)c1cccc2[nH]ncc12. The van der Waals surface area contributed by atoms with Gasteiger partial charge in [-0.25, -0.2) is 0 Å². The Labute approximate surface area is 318 Å². The molecule has 0 bridgehead atoms. The number of aliphatic hydroxyl groups excluding tert-OH is 1. The number of H-pyrrole nitrogens is 1. The van der Waals surface area contributed by atoms with E-state index in [1.165, 1.54) is 30.3 Å². The van der Waals surface area contributed by atoms with Crippen LogP contribution in [-0.2, 0) is 11.0 Å². The molecular weight excluding hydrogens is 735 g/mol. The van der Waals surface area contributed by atoms with Gasteiger partial charge in [0.2, 0.25) is 17.5 Å². The van der Waals surface area contributed by atoms with Crippen molar-refractivity contribution in [3.05, 3.63) is 154 Å². The zero-order valence-electron chi connectivity index (χ0n) is 29.3. The van der Waals surface area contributed by atoms with Gasteiger partial charge in [-0.1, -0.05) is 78.4 Å². The lowest BCUT2D eigenvalue weighted by atomic mass is 9.82. The lowest BCUT2D eigenvalue weighted by Crippen LogP contribution is -2.51. The number of Topliss-reactive ketones (excluding diaryl/α,β-unsaturated/α-hetero) is 2. The van der Waals surface area contributed by atoms with E-state index in [4.69, 9.17) is 17.3 Å². The third kappa shape index (κ3) is 8.08. The third-order valence-corrected chi connectivity index (χ3v) is 9.94. The summed E-state index contributed by atoms with van der Waals surface area (Å²) in [5, 5.41) is 17.9. The van der Waals surface area contributed by atoms with Crippen molar-refractivity contribution in [2.24, 2.45) is 11.7 Å². The second-order valence-electron chi connectivity index (χ2n) is 13.0. The number of nitrogens with one attached hydrogen (secondary N) is 1. The van der Waals surface area contributed by atoms with Crippen LogP contribution in [0.15, 0.2) is 121 Å². The first-order valence-corrected chi connectivity index (χ1v) is 17.6. The molecular formula is C41H35ClF3N5O5. The molecule has 2 heterocycles. The van der Waals surface area contributed by atoms with Crippen LogP contribution in [-0.4, -0.2) is 68.8 Å². The molecule has 0 radical (unpaired) electrons. The van der Waals surface area contributed by atoms with E-state index in [1.807, 2.05) is 6.07 Å². The van der Waals surface area contributed by atoms with E-state index in [9.17, 15) is 37.5 Å². The van der Waals surface area contributed by atoms with Gasteiger partial charge in [-0.05, 0) is 61.4 Å². The first kappa shape index (κ1) is 38.7. The molecule has 14 heteroatoms. The van der Waals surface area contributed by atoms with Gasteiger partial charge in [-0.15, -0.1) is 0 Å². The fourth-order valence-corrected chi connectivity index (χ4v) is 7.00. The summed E-state index contributed by atoms with van der Waals surface area (Å²) in [5.74, 6) is -4.37. The summed E-state index contributed by atoms with van der Waals surface area (Å²) in [6, 6.07) is 21.1. The topological polar surface area (TPSA) is 150 Å². The number of alkyl halides is 3. The molecule has 0 saturated carbocycles. The predicted octanol–water partition coefficient (Wildman–Crippen LogP) is 6.93. The summed E-state index contributed by atoms with van der Waals surface area (Å²) in [4.78, 5) is 55.9. The highest BCUT2D eigenvalue weighted by Crippen LogP contribution is 2.39. The Morgan fingerprint density at radius 1 is 0.945 bits per heavy atom. The lowest BCUT2D eigenvalue weighted by Gasteiger charge is -2.40. The maximum Gasteiger partial charge on any atom is 0.417 e. The number of ketones is 2. The van der Waals surface area contributed by atoms with E-state index in [0.29, 0.717) is 29.8 Å². The van der Waals surface area contributed by atoms with E-state index in [-0.39, 0.29) is 22.8 Å².